The number of aryl methyl sites for hydroxylation is 2. The van der Waals surface area contributed by atoms with E-state index >= 15 is 0 Å². The molecule has 3 aromatic carbocycles. The topological polar surface area (TPSA) is 98.5 Å². The van der Waals surface area contributed by atoms with Crippen LogP contribution in [0, 0.1) is 13.8 Å². The number of nitrogens with zero attached hydrogens (tertiary/aromatic N) is 2. The zero-order valence-corrected chi connectivity index (χ0v) is 21.9. The number of rotatable bonds is 9. The molecule has 0 unspecified atom stereocenters. The van der Waals surface area contributed by atoms with Crippen LogP contribution < -0.4 is 20.1 Å². The maximum absolute atomic E-state index is 12.8. The Kier molecular flexibility index (Phi) is 7.70. The zero-order chi connectivity index (χ0) is 26.5. The molecule has 38 heavy (non-hydrogen) atoms. The highest BCUT2D eigenvalue weighted by atomic mass is 16.5. The van der Waals surface area contributed by atoms with E-state index in [-0.39, 0.29) is 12.3 Å². The second-order valence-corrected chi connectivity index (χ2v) is 9.56. The molecule has 4 aromatic rings. The van der Waals surface area contributed by atoms with E-state index in [0.717, 1.165) is 47.2 Å². The molecular formula is C30H32N4O4. The Balaban J connectivity index is 1.21. The first kappa shape index (κ1) is 25.5. The summed E-state index contributed by atoms with van der Waals surface area (Å²) in [5.41, 5.74) is 5.82. The van der Waals surface area contributed by atoms with Crippen molar-refractivity contribution in [2.24, 2.45) is 0 Å². The summed E-state index contributed by atoms with van der Waals surface area (Å²) in [5, 5.41) is 10.4. The minimum Gasteiger partial charge on any atom is -0.493 e. The van der Waals surface area contributed by atoms with Crippen molar-refractivity contribution in [1.82, 2.24) is 15.5 Å². The maximum atomic E-state index is 12.8. The number of aromatic nitrogens is 2. The summed E-state index contributed by atoms with van der Waals surface area (Å²) in [4.78, 5) is 17.1. The van der Waals surface area contributed by atoms with E-state index < -0.39 is 0 Å². The summed E-state index contributed by atoms with van der Waals surface area (Å²) in [5.74, 6) is 2.30. The molecular weight excluding hydrogens is 480 g/mol. The van der Waals surface area contributed by atoms with Gasteiger partial charge in [0.2, 0.25) is 17.6 Å². The van der Waals surface area contributed by atoms with Crippen LogP contribution in [0.3, 0.4) is 0 Å². The number of benzene rings is 3. The third-order valence-corrected chi connectivity index (χ3v) is 6.69. The molecule has 2 heterocycles. The molecule has 1 atom stereocenters. The Bertz CT molecular complexity index is 1410. The lowest BCUT2D eigenvalue weighted by Crippen LogP contribution is -2.28. The second kappa shape index (κ2) is 11.5. The monoisotopic (exact) mass is 512 g/mol. The second-order valence-electron chi connectivity index (χ2n) is 9.56. The third-order valence-electron chi connectivity index (χ3n) is 6.69. The molecule has 0 bridgehead atoms. The number of ether oxygens (including phenoxy) is 2. The fourth-order valence-corrected chi connectivity index (χ4v) is 4.69. The quantitative estimate of drug-likeness (QED) is 0.312. The van der Waals surface area contributed by atoms with Crippen molar-refractivity contribution in [3.63, 3.8) is 0 Å². The van der Waals surface area contributed by atoms with Crippen LogP contribution in [0.25, 0.3) is 22.5 Å². The van der Waals surface area contributed by atoms with E-state index in [1.807, 2.05) is 48.5 Å². The molecule has 2 N–H and O–H groups in total. The van der Waals surface area contributed by atoms with Crippen molar-refractivity contribution in [2.45, 2.75) is 39.2 Å². The summed E-state index contributed by atoms with van der Waals surface area (Å²) < 4.78 is 16.5. The lowest BCUT2D eigenvalue weighted by Gasteiger charge is -2.16. The molecule has 1 aliphatic heterocycles. The number of hydrogen-bond donors (Lipinski definition) is 2. The van der Waals surface area contributed by atoms with Gasteiger partial charge in [-0.3, -0.25) is 4.79 Å². The van der Waals surface area contributed by atoms with Gasteiger partial charge in [0, 0.05) is 30.3 Å². The minimum absolute atomic E-state index is 0.0951. The molecule has 0 saturated carbocycles. The normalized spacial score (nSPS) is 14.9. The van der Waals surface area contributed by atoms with Gasteiger partial charge in [-0.15, -0.1) is 0 Å². The summed E-state index contributed by atoms with van der Waals surface area (Å²) >= 11 is 0. The summed E-state index contributed by atoms with van der Waals surface area (Å²) in [6.07, 6.45) is 2.53. The van der Waals surface area contributed by atoms with Gasteiger partial charge in [-0.1, -0.05) is 41.6 Å². The molecule has 1 aromatic heterocycles. The molecule has 0 radical (unpaired) electrons. The molecule has 8 nitrogen and oxygen atoms in total. The zero-order valence-electron chi connectivity index (χ0n) is 21.9. The number of nitrogens with one attached hydrogen (secondary N) is 2. The lowest BCUT2D eigenvalue weighted by molar-refractivity contribution is -0.115. The van der Waals surface area contributed by atoms with Gasteiger partial charge in [0.1, 0.15) is 6.61 Å². The first-order valence-electron chi connectivity index (χ1n) is 12.8. The fraction of sp³-hybridized carbons (Fsp3) is 0.300. The minimum atomic E-state index is -0.0951. The molecule has 1 fully saturated rings. The Morgan fingerprint density at radius 3 is 2.55 bits per heavy atom. The van der Waals surface area contributed by atoms with Crippen molar-refractivity contribution in [3.8, 4) is 34.0 Å². The number of anilines is 1. The molecule has 196 valence electrons. The summed E-state index contributed by atoms with van der Waals surface area (Å²) in [7, 11) is 1.61. The number of hydrogen-bond acceptors (Lipinski definition) is 7. The number of carbonyl (C=O) groups is 1. The molecule has 0 spiro atoms. The SMILES string of the molecule is COc1ccc(NC(=O)Cc2ccc(-c3ccc(-c4noc(C)n4)cc3C)cc2)cc1OC[C@H]1CCCN1. The standard InChI is InChI=1S/C30H32N4O4/c1-19-15-23(30-32-20(2)38-34-30)10-12-26(19)22-8-6-21(7-9-22)16-29(35)33-24-11-13-27(36-3)28(17-24)37-18-25-5-4-14-31-25/h6-13,15,17,25,31H,4-5,14,16,18H2,1-3H3,(H,33,35)/t25-/m1/s1. The Labute approximate surface area is 222 Å². The van der Waals surface area contributed by atoms with Crippen LogP contribution in [0.2, 0.25) is 0 Å². The van der Waals surface area contributed by atoms with E-state index in [1.54, 1.807) is 14.0 Å². The highest BCUT2D eigenvalue weighted by Gasteiger charge is 2.16. The van der Waals surface area contributed by atoms with Crippen LogP contribution in [-0.4, -0.2) is 42.4 Å². The van der Waals surface area contributed by atoms with Crippen LogP contribution in [0.5, 0.6) is 11.5 Å². The fourth-order valence-electron chi connectivity index (χ4n) is 4.69. The Hall–Kier alpha value is -4.17. The van der Waals surface area contributed by atoms with Gasteiger partial charge in [0.05, 0.1) is 13.5 Å². The predicted molar refractivity (Wildman–Crippen MR) is 146 cm³/mol. The molecule has 0 aliphatic carbocycles. The third kappa shape index (κ3) is 6.03. The van der Waals surface area contributed by atoms with Crippen molar-refractivity contribution in [1.29, 1.82) is 0 Å². The Morgan fingerprint density at radius 1 is 1.05 bits per heavy atom. The van der Waals surface area contributed by atoms with E-state index in [2.05, 4.69) is 39.8 Å². The predicted octanol–water partition coefficient (Wildman–Crippen LogP) is 5.34. The first-order chi connectivity index (χ1) is 18.5. The number of methoxy groups -OCH3 is 1. The van der Waals surface area contributed by atoms with Crippen LogP contribution in [0.15, 0.2) is 65.2 Å². The van der Waals surface area contributed by atoms with E-state index in [9.17, 15) is 4.79 Å². The van der Waals surface area contributed by atoms with Crippen LogP contribution in [0.4, 0.5) is 5.69 Å². The summed E-state index contributed by atoms with van der Waals surface area (Å²) in [6.45, 7) is 5.43. The average molecular weight is 513 g/mol. The van der Waals surface area contributed by atoms with E-state index in [0.29, 0.717) is 41.6 Å². The van der Waals surface area contributed by atoms with Crippen LogP contribution in [0.1, 0.15) is 29.9 Å². The van der Waals surface area contributed by atoms with Gasteiger partial charge in [0.15, 0.2) is 11.5 Å². The highest BCUT2D eigenvalue weighted by Crippen LogP contribution is 2.31. The Morgan fingerprint density at radius 2 is 1.87 bits per heavy atom. The van der Waals surface area contributed by atoms with Gasteiger partial charge >= 0.3 is 0 Å². The van der Waals surface area contributed by atoms with Crippen molar-refractivity contribution in [3.05, 3.63) is 77.7 Å². The van der Waals surface area contributed by atoms with Crippen molar-refractivity contribution < 1.29 is 18.8 Å². The lowest BCUT2D eigenvalue weighted by atomic mass is 9.97. The van der Waals surface area contributed by atoms with Gasteiger partial charge in [0.25, 0.3) is 0 Å². The average Bonchev–Trinajstić information content (AvgIpc) is 3.60. The van der Waals surface area contributed by atoms with Gasteiger partial charge < -0.3 is 24.6 Å². The van der Waals surface area contributed by atoms with Gasteiger partial charge in [-0.25, -0.2) is 0 Å². The van der Waals surface area contributed by atoms with Gasteiger partial charge in [-0.05, 0) is 66.8 Å². The maximum Gasteiger partial charge on any atom is 0.228 e. The molecule has 1 amide bonds. The van der Waals surface area contributed by atoms with E-state index in [4.69, 9.17) is 14.0 Å². The van der Waals surface area contributed by atoms with E-state index in [1.165, 1.54) is 0 Å². The number of amides is 1. The van der Waals surface area contributed by atoms with Crippen LogP contribution >= 0.6 is 0 Å². The van der Waals surface area contributed by atoms with Crippen molar-refractivity contribution in [2.75, 3.05) is 25.6 Å². The molecule has 5 rings (SSSR count). The van der Waals surface area contributed by atoms with Gasteiger partial charge in [-0.2, -0.15) is 4.98 Å². The number of carbonyl (C=O) groups excluding carboxylic acids is 1. The van der Waals surface area contributed by atoms with Crippen molar-refractivity contribution >= 4 is 11.6 Å². The smallest absolute Gasteiger partial charge is 0.228 e. The molecule has 1 saturated heterocycles. The first-order valence-corrected chi connectivity index (χ1v) is 12.8. The molecule has 1 aliphatic rings. The summed E-state index contributed by atoms with van der Waals surface area (Å²) in [6, 6.07) is 20.0. The highest BCUT2D eigenvalue weighted by molar-refractivity contribution is 5.92. The largest absolute Gasteiger partial charge is 0.493 e. The molecule has 8 heteroatoms. The van der Waals surface area contributed by atoms with Crippen LogP contribution in [-0.2, 0) is 11.2 Å².